The zero-order valence-corrected chi connectivity index (χ0v) is 8.39. The van der Waals surface area contributed by atoms with Crippen LogP contribution in [0.2, 0.25) is 0 Å². The van der Waals surface area contributed by atoms with E-state index in [0.717, 1.165) is 15.8 Å². The van der Waals surface area contributed by atoms with Crippen molar-refractivity contribution in [3.8, 4) is 0 Å². The molecule has 54 valence electrons. The van der Waals surface area contributed by atoms with Crippen molar-refractivity contribution in [1.29, 1.82) is 0 Å². The highest BCUT2D eigenvalue weighted by Crippen LogP contribution is 2.43. The summed E-state index contributed by atoms with van der Waals surface area (Å²) < 4.78 is 0.998. The van der Waals surface area contributed by atoms with Gasteiger partial charge in [0.1, 0.15) is 0 Å². The molecule has 1 heteroatoms. The number of hydrogen-bond donors (Lipinski definition) is 0. The van der Waals surface area contributed by atoms with E-state index in [2.05, 4.69) is 36.4 Å². The molecule has 0 bridgehead atoms. The molecule has 0 aromatic heterocycles. The van der Waals surface area contributed by atoms with Crippen LogP contribution >= 0.6 is 22.6 Å². The van der Waals surface area contributed by atoms with E-state index in [1.807, 2.05) is 0 Å². The molecule has 0 aromatic rings. The molecule has 0 N–H and O–H groups in total. The molecule has 0 saturated heterocycles. The fourth-order valence-corrected chi connectivity index (χ4v) is 3.55. The lowest BCUT2D eigenvalue weighted by atomic mass is 9.71. The number of rotatable bonds is 2. The predicted molar refractivity (Wildman–Crippen MR) is 50.0 cm³/mol. The first-order chi connectivity index (χ1) is 4.29. The smallest absolute Gasteiger partial charge is 0.0143 e. The third-order valence-corrected chi connectivity index (χ3v) is 4.03. The minimum atomic E-state index is 0.998. The van der Waals surface area contributed by atoms with Crippen LogP contribution in [-0.2, 0) is 0 Å². The van der Waals surface area contributed by atoms with E-state index in [0.29, 0.717) is 0 Å². The molecule has 0 nitrogen and oxygen atoms in total. The van der Waals surface area contributed by atoms with E-state index in [1.165, 1.54) is 19.3 Å². The summed E-state index contributed by atoms with van der Waals surface area (Å²) in [7, 11) is 0. The van der Waals surface area contributed by atoms with Crippen molar-refractivity contribution in [2.75, 3.05) is 0 Å². The molecular weight excluding hydrogens is 223 g/mol. The highest BCUT2D eigenvalue weighted by molar-refractivity contribution is 14.1. The van der Waals surface area contributed by atoms with Gasteiger partial charge < -0.3 is 0 Å². The highest BCUT2D eigenvalue weighted by Gasteiger charge is 2.35. The van der Waals surface area contributed by atoms with Crippen LogP contribution in [0.5, 0.6) is 0 Å². The van der Waals surface area contributed by atoms with E-state index in [1.54, 1.807) is 0 Å². The summed E-state index contributed by atoms with van der Waals surface area (Å²) >= 11 is 2.59. The Morgan fingerprint density at radius 2 is 2.00 bits per heavy atom. The third-order valence-electron chi connectivity index (χ3n) is 2.59. The molecule has 1 saturated carbocycles. The molecule has 3 atom stereocenters. The standard InChI is InChI=1S/C8H15I/c1-3-6-5-8(9)7(6)4-2/h6-8H,3-5H2,1-2H3/t6-,7+,8?/m0/s1. The number of hydrogen-bond acceptors (Lipinski definition) is 0. The summed E-state index contributed by atoms with van der Waals surface area (Å²) in [5, 5.41) is 0. The van der Waals surface area contributed by atoms with Crippen LogP contribution < -0.4 is 0 Å². The third kappa shape index (κ3) is 1.41. The van der Waals surface area contributed by atoms with Gasteiger partial charge in [0.05, 0.1) is 0 Å². The molecule has 1 unspecified atom stereocenters. The Hall–Kier alpha value is 0.730. The Morgan fingerprint density at radius 3 is 2.22 bits per heavy atom. The Morgan fingerprint density at radius 1 is 1.33 bits per heavy atom. The van der Waals surface area contributed by atoms with Crippen molar-refractivity contribution in [3.05, 3.63) is 0 Å². The van der Waals surface area contributed by atoms with Gasteiger partial charge >= 0.3 is 0 Å². The summed E-state index contributed by atoms with van der Waals surface area (Å²) in [5.74, 6) is 2.12. The summed E-state index contributed by atoms with van der Waals surface area (Å²) in [4.78, 5) is 0. The molecule has 0 aliphatic heterocycles. The van der Waals surface area contributed by atoms with Crippen molar-refractivity contribution < 1.29 is 0 Å². The fourth-order valence-electron chi connectivity index (χ4n) is 1.80. The summed E-state index contributed by atoms with van der Waals surface area (Å²) in [6, 6.07) is 0. The second-order valence-corrected chi connectivity index (χ2v) is 4.59. The van der Waals surface area contributed by atoms with E-state index in [9.17, 15) is 0 Å². The SMILES string of the molecule is CC[C@H]1CC(I)[C@@H]1CC. The molecule has 0 heterocycles. The Balaban J connectivity index is 2.29. The van der Waals surface area contributed by atoms with E-state index in [4.69, 9.17) is 0 Å². The van der Waals surface area contributed by atoms with E-state index >= 15 is 0 Å². The average molecular weight is 238 g/mol. The highest BCUT2D eigenvalue weighted by atomic mass is 127. The Labute approximate surface area is 71.5 Å². The molecule has 0 radical (unpaired) electrons. The summed E-state index contributed by atoms with van der Waals surface area (Å²) in [5.41, 5.74) is 0. The molecule has 9 heavy (non-hydrogen) atoms. The topological polar surface area (TPSA) is 0 Å². The molecule has 0 aromatic carbocycles. The fraction of sp³-hybridized carbons (Fsp3) is 1.00. The normalized spacial score (nSPS) is 42.3. The van der Waals surface area contributed by atoms with E-state index in [-0.39, 0.29) is 0 Å². The van der Waals surface area contributed by atoms with Gasteiger partial charge in [-0.25, -0.2) is 0 Å². The molecule has 0 amide bonds. The van der Waals surface area contributed by atoms with Gasteiger partial charge in [-0.3, -0.25) is 0 Å². The largest absolute Gasteiger partial charge is 0.0823 e. The zero-order chi connectivity index (χ0) is 6.85. The van der Waals surface area contributed by atoms with Gasteiger partial charge in [0, 0.05) is 3.92 Å². The Bertz CT molecular complexity index is 90.6. The first-order valence-electron chi connectivity index (χ1n) is 3.93. The van der Waals surface area contributed by atoms with Gasteiger partial charge in [-0.1, -0.05) is 49.3 Å². The lowest BCUT2D eigenvalue weighted by Crippen LogP contribution is -2.36. The van der Waals surface area contributed by atoms with Crippen LogP contribution in [0.1, 0.15) is 33.1 Å². The van der Waals surface area contributed by atoms with Crippen molar-refractivity contribution in [3.63, 3.8) is 0 Å². The van der Waals surface area contributed by atoms with Crippen LogP contribution in [0, 0.1) is 11.8 Å². The van der Waals surface area contributed by atoms with Gasteiger partial charge in [-0.15, -0.1) is 0 Å². The van der Waals surface area contributed by atoms with Crippen LogP contribution in [0.15, 0.2) is 0 Å². The summed E-state index contributed by atoms with van der Waals surface area (Å²) in [6.07, 6.45) is 4.28. The minimum Gasteiger partial charge on any atom is -0.0823 e. The van der Waals surface area contributed by atoms with Crippen LogP contribution in [0.3, 0.4) is 0 Å². The molecule has 1 aliphatic carbocycles. The second kappa shape index (κ2) is 3.22. The number of alkyl halides is 1. The van der Waals surface area contributed by atoms with Gasteiger partial charge in [0.25, 0.3) is 0 Å². The maximum absolute atomic E-state index is 2.59. The molecule has 1 rings (SSSR count). The van der Waals surface area contributed by atoms with Gasteiger partial charge in [0.2, 0.25) is 0 Å². The maximum Gasteiger partial charge on any atom is 0.0143 e. The van der Waals surface area contributed by atoms with Crippen LogP contribution in [0.25, 0.3) is 0 Å². The van der Waals surface area contributed by atoms with Gasteiger partial charge in [0.15, 0.2) is 0 Å². The minimum absolute atomic E-state index is 0.998. The Kier molecular flexibility index (Phi) is 2.80. The van der Waals surface area contributed by atoms with Crippen LogP contribution in [0.4, 0.5) is 0 Å². The van der Waals surface area contributed by atoms with Crippen LogP contribution in [-0.4, -0.2) is 3.92 Å². The molecule has 1 aliphatic rings. The predicted octanol–water partition coefficient (Wildman–Crippen LogP) is 3.25. The first-order valence-corrected chi connectivity index (χ1v) is 5.18. The van der Waals surface area contributed by atoms with Gasteiger partial charge in [-0.05, 0) is 18.3 Å². The lowest BCUT2D eigenvalue weighted by molar-refractivity contribution is 0.187. The molecule has 1 fully saturated rings. The van der Waals surface area contributed by atoms with Crippen molar-refractivity contribution in [1.82, 2.24) is 0 Å². The molecule has 0 spiro atoms. The summed E-state index contributed by atoms with van der Waals surface area (Å²) in [6.45, 7) is 4.63. The zero-order valence-electron chi connectivity index (χ0n) is 6.23. The van der Waals surface area contributed by atoms with Gasteiger partial charge in [-0.2, -0.15) is 0 Å². The quantitative estimate of drug-likeness (QED) is 0.511. The van der Waals surface area contributed by atoms with Crippen molar-refractivity contribution in [2.24, 2.45) is 11.8 Å². The maximum atomic E-state index is 2.59. The second-order valence-electron chi connectivity index (χ2n) is 2.99. The van der Waals surface area contributed by atoms with Crippen molar-refractivity contribution >= 4 is 22.6 Å². The van der Waals surface area contributed by atoms with E-state index < -0.39 is 0 Å². The lowest BCUT2D eigenvalue weighted by Gasteiger charge is -2.41. The monoisotopic (exact) mass is 238 g/mol. The van der Waals surface area contributed by atoms with Crippen molar-refractivity contribution in [2.45, 2.75) is 37.0 Å². The average Bonchev–Trinajstić information content (AvgIpc) is 1.83. The molecular formula is C8H15I. The first kappa shape index (κ1) is 7.83. The number of halogens is 1.